The number of hydrogen-bond donors (Lipinski definition) is 1. The molecule has 0 amide bonds. The van der Waals surface area contributed by atoms with Gasteiger partial charge in [0.05, 0.1) is 15.5 Å². The van der Waals surface area contributed by atoms with Crippen LogP contribution in [0, 0.1) is 5.82 Å². The van der Waals surface area contributed by atoms with Gasteiger partial charge in [-0.2, -0.15) is 0 Å². The second-order valence-electron chi connectivity index (χ2n) is 6.60. The van der Waals surface area contributed by atoms with Gasteiger partial charge in [-0.05, 0) is 53.4 Å². The Labute approximate surface area is 200 Å². The van der Waals surface area contributed by atoms with Gasteiger partial charge >= 0.3 is 0 Å². The molecule has 12 heteroatoms. The fourth-order valence-corrected chi connectivity index (χ4v) is 8.47. The molecule has 0 bridgehead atoms. The first kappa shape index (κ1) is 23.2. The number of aromatic nitrogens is 1. The SMILES string of the molecule is NS(=O)(=O)c1ccc(-c2sc(C(Br)S(=O)(=O)c3cccs3)nc2-c2ccc(F)cc2)cc1. The lowest BCUT2D eigenvalue weighted by atomic mass is 10.1. The summed E-state index contributed by atoms with van der Waals surface area (Å²) in [6, 6.07) is 14.7. The first-order valence-electron chi connectivity index (χ1n) is 8.89. The molecule has 0 spiro atoms. The van der Waals surface area contributed by atoms with Crippen LogP contribution in [0.3, 0.4) is 0 Å². The maximum atomic E-state index is 13.5. The molecular formula is C20H14BrFN2O4S4. The zero-order valence-corrected chi connectivity index (χ0v) is 20.8. The van der Waals surface area contributed by atoms with Crippen LogP contribution in [0.1, 0.15) is 9.17 Å². The Morgan fingerprint density at radius 1 is 0.938 bits per heavy atom. The van der Waals surface area contributed by atoms with Crippen LogP contribution in [0.4, 0.5) is 4.39 Å². The highest BCUT2D eigenvalue weighted by Crippen LogP contribution is 2.44. The van der Waals surface area contributed by atoms with Crippen molar-refractivity contribution in [2.75, 3.05) is 0 Å². The van der Waals surface area contributed by atoms with Crippen LogP contribution in [0.25, 0.3) is 21.7 Å². The molecule has 0 radical (unpaired) electrons. The topological polar surface area (TPSA) is 107 Å². The smallest absolute Gasteiger partial charge is 0.238 e. The van der Waals surface area contributed by atoms with E-state index in [9.17, 15) is 21.2 Å². The average Bonchev–Trinajstić information content (AvgIpc) is 3.44. The predicted octanol–water partition coefficient (Wildman–Crippen LogP) is 5.19. The molecular weight excluding hydrogens is 559 g/mol. The Morgan fingerprint density at radius 3 is 2.12 bits per heavy atom. The molecule has 0 saturated heterocycles. The summed E-state index contributed by atoms with van der Waals surface area (Å²) >= 11 is 5.54. The first-order chi connectivity index (χ1) is 15.1. The molecule has 4 rings (SSSR count). The Balaban J connectivity index is 1.85. The lowest BCUT2D eigenvalue weighted by molar-refractivity contribution is 0.595. The number of halogens is 2. The number of thiophene rings is 1. The van der Waals surface area contributed by atoms with Crippen LogP contribution in [0.15, 0.2) is 75.1 Å². The Bertz CT molecular complexity index is 1470. The summed E-state index contributed by atoms with van der Waals surface area (Å²) in [6.45, 7) is 0. The molecule has 32 heavy (non-hydrogen) atoms. The van der Waals surface area contributed by atoms with Crippen molar-refractivity contribution in [1.82, 2.24) is 4.98 Å². The minimum atomic E-state index is -3.86. The number of rotatable bonds is 6. The van der Waals surface area contributed by atoms with Crippen molar-refractivity contribution in [2.24, 2.45) is 5.14 Å². The number of primary sulfonamides is 1. The van der Waals surface area contributed by atoms with E-state index in [0.717, 1.165) is 22.7 Å². The molecule has 1 atom stereocenters. The first-order valence-corrected chi connectivity index (χ1v) is 14.6. The number of benzene rings is 2. The fourth-order valence-electron chi connectivity index (χ4n) is 2.89. The second kappa shape index (κ2) is 8.76. The highest BCUT2D eigenvalue weighted by Gasteiger charge is 2.31. The molecule has 0 saturated carbocycles. The van der Waals surface area contributed by atoms with Crippen molar-refractivity contribution in [3.05, 3.63) is 76.9 Å². The summed E-state index contributed by atoms with van der Waals surface area (Å²) in [6.07, 6.45) is 0. The number of hydrogen-bond acceptors (Lipinski definition) is 7. The zero-order chi connectivity index (χ0) is 23.1. The second-order valence-corrected chi connectivity index (χ2v) is 13.9. The van der Waals surface area contributed by atoms with E-state index in [-0.39, 0.29) is 9.10 Å². The fraction of sp³-hybridized carbons (Fsp3) is 0.0500. The van der Waals surface area contributed by atoms with E-state index < -0.39 is 29.8 Å². The predicted molar refractivity (Wildman–Crippen MR) is 127 cm³/mol. The van der Waals surface area contributed by atoms with Gasteiger partial charge in [-0.1, -0.05) is 34.1 Å². The zero-order valence-electron chi connectivity index (χ0n) is 16.0. The van der Waals surface area contributed by atoms with Gasteiger partial charge in [0.2, 0.25) is 19.9 Å². The number of sulfonamides is 1. The molecule has 2 N–H and O–H groups in total. The van der Waals surface area contributed by atoms with Gasteiger partial charge in [-0.3, -0.25) is 0 Å². The van der Waals surface area contributed by atoms with Gasteiger partial charge in [-0.25, -0.2) is 31.3 Å². The van der Waals surface area contributed by atoms with Crippen molar-refractivity contribution in [3.8, 4) is 21.7 Å². The number of alkyl halides is 1. The summed E-state index contributed by atoms with van der Waals surface area (Å²) in [5.74, 6) is -0.415. The lowest BCUT2D eigenvalue weighted by Gasteiger charge is -2.06. The van der Waals surface area contributed by atoms with E-state index in [0.29, 0.717) is 26.7 Å². The van der Waals surface area contributed by atoms with Gasteiger partial charge in [-0.15, -0.1) is 22.7 Å². The normalized spacial score (nSPS) is 13.2. The highest BCUT2D eigenvalue weighted by atomic mass is 79.9. The lowest BCUT2D eigenvalue weighted by Crippen LogP contribution is -2.11. The molecule has 2 heterocycles. The molecule has 0 aliphatic heterocycles. The minimum Gasteiger partial charge on any atom is -0.238 e. The average molecular weight is 574 g/mol. The van der Waals surface area contributed by atoms with Crippen LogP contribution in [0.2, 0.25) is 0 Å². The molecule has 2 aromatic heterocycles. The Morgan fingerprint density at radius 2 is 1.56 bits per heavy atom. The van der Waals surface area contributed by atoms with Crippen LogP contribution in [-0.2, 0) is 19.9 Å². The monoisotopic (exact) mass is 572 g/mol. The van der Waals surface area contributed by atoms with E-state index >= 15 is 0 Å². The van der Waals surface area contributed by atoms with E-state index in [4.69, 9.17) is 5.14 Å². The van der Waals surface area contributed by atoms with Gasteiger partial charge in [0.15, 0.2) is 4.16 Å². The molecule has 2 aromatic carbocycles. The number of thiazole rings is 1. The quantitative estimate of drug-likeness (QED) is 0.320. The van der Waals surface area contributed by atoms with Crippen molar-refractivity contribution in [3.63, 3.8) is 0 Å². The maximum absolute atomic E-state index is 13.5. The van der Waals surface area contributed by atoms with Gasteiger partial charge < -0.3 is 0 Å². The van der Waals surface area contributed by atoms with Crippen molar-refractivity contribution in [2.45, 2.75) is 13.3 Å². The maximum Gasteiger partial charge on any atom is 0.238 e. The minimum absolute atomic E-state index is 0.0482. The van der Waals surface area contributed by atoms with Crippen LogP contribution < -0.4 is 5.14 Å². The molecule has 0 fully saturated rings. The summed E-state index contributed by atoms with van der Waals surface area (Å²) < 4.78 is 61.7. The largest absolute Gasteiger partial charge is 0.238 e. The Hall–Kier alpha value is -1.96. The van der Waals surface area contributed by atoms with E-state index in [1.54, 1.807) is 35.7 Å². The van der Waals surface area contributed by atoms with E-state index in [1.165, 1.54) is 30.3 Å². The third kappa shape index (κ3) is 4.56. The van der Waals surface area contributed by atoms with Crippen LogP contribution in [-0.4, -0.2) is 21.8 Å². The van der Waals surface area contributed by atoms with Crippen LogP contribution in [0.5, 0.6) is 0 Å². The Kier molecular flexibility index (Phi) is 6.36. The molecule has 1 unspecified atom stereocenters. The van der Waals surface area contributed by atoms with Crippen molar-refractivity contribution in [1.29, 1.82) is 0 Å². The molecule has 0 aliphatic carbocycles. The third-order valence-corrected chi connectivity index (χ3v) is 12.0. The summed E-state index contributed by atoms with van der Waals surface area (Å²) in [5, 5.41) is 7.15. The van der Waals surface area contributed by atoms with Gasteiger partial charge in [0.1, 0.15) is 15.0 Å². The molecule has 0 aliphatic rings. The van der Waals surface area contributed by atoms with Gasteiger partial charge in [0.25, 0.3) is 0 Å². The van der Waals surface area contributed by atoms with E-state index in [1.807, 2.05) is 0 Å². The van der Waals surface area contributed by atoms with Gasteiger partial charge in [0, 0.05) is 5.56 Å². The summed E-state index contributed by atoms with van der Waals surface area (Å²) in [7, 11) is -7.58. The standard InChI is InChI=1S/C20H14BrFN2O4S4/c21-19(31(25,26)16-2-1-11-29-16)20-24-17(12-3-7-14(22)8-4-12)18(30-20)13-5-9-15(10-6-13)32(23,27)28/h1-11,19H,(H2,23,27,28). The number of sulfone groups is 1. The summed E-state index contributed by atoms with van der Waals surface area (Å²) in [4.78, 5) is 5.13. The molecule has 6 nitrogen and oxygen atoms in total. The number of nitrogens with zero attached hydrogens (tertiary/aromatic N) is 1. The van der Waals surface area contributed by atoms with Crippen molar-refractivity contribution >= 4 is 58.5 Å². The number of nitrogens with two attached hydrogens (primary N) is 1. The van der Waals surface area contributed by atoms with Crippen molar-refractivity contribution < 1.29 is 21.2 Å². The van der Waals surface area contributed by atoms with Crippen LogP contribution >= 0.6 is 38.6 Å². The molecule has 4 aromatic rings. The van der Waals surface area contributed by atoms with E-state index in [2.05, 4.69) is 20.9 Å². The summed E-state index contributed by atoms with van der Waals surface area (Å²) in [5.41, 5.74) is 1.67. The molecule has 166 valence electrons. The highest BCUT2D eigenvalue weighted by molar-refractivity contribution is 9.10. The third-order valence-electron chi connectivity index (χ3n) is 4.45.